The Bertz CT molecular complexity index is 3190. The van der Waals surface area contributed by atoms with Crippen molar-refractivity contribution in [2.75, 3.05) is 4.90 Å². The zero-order chi connectivity index (χ0) is 40.8. The summed E-state index contributed by atoms with van der Waals surface area (Å²) in [6.45, 7) is 0. The Kier molecular flexibility index (Phi) is 7.66. The summed E-state index contributed by atoms with van der Waals surface area (Å²) in [5, 5.41) is 4.75. The Morgan fingerprint density at radius 2 is 0.984 bits per heavy atom. The molecule has 1 saturated heterocycles. The molecule has 5 heteroatoms. The Balaban J connectivity index is 0.922. The Labute approximate surface area is 361 Å². The van der Waals surface area contributed by atoms with E-state index in [-0.39, 0.29) is 12.3 Å². The molecule has 0 saturated carbocycles. The fourth-order valence-electron chi connectivity index (χ4n) is 10.6. The monoisotopic (exact) mass is 793 g/mol. The number of rotatable bonds is 6. The molecule has 8 aromatic carbocycles. The number of aromatic nitrogens is 1. The second kappa shape index (κ2) is 13.6. The van der Waals surface area contributed by atoms with E-state index in [4.69, 9.17) is 9.98 Å². The smallest absolute Gasteiger partial charge is 0.150 e. The zero-order valence-electron chi connectivity index (χ0n) is 33.8. The third kappa shape index (κ3) is 5.06. The van der Waals surface area contributed by atoms with E-state index in [1.165, 1.54) is 50.1 Å². The third-order valence-corrected chi connectivity index (χ3v) is 13.2. The van der Waals surface area contributed by atoms with Gasteiger partial charge in [0, 0.05) is 23.0 Å². The summed E-state index contributed by atoms with van der Waals surface area (Å²) in [5.41, 5.74) is 18.3. The van der Waals surface area contributed by atoms with Crippen LogP contribution in [0.2, 0.25) is 0 Å². The summed E-state index contributed by atoms with van der Waals surface area (Å²) in [4.78, 5) is 13.0. The van der Waals surface area contributed by atoms with Crippen LogP contribution < -0.4 is 4.90 Å². The normalized spacial score (nSPS) is 18.3. The van der Waals surface area contributed by atoms with Gasteiger partial charge in [0.2, 0.25) is 0 Å². The van der Waals surface area contributed by atoms with Crippen LogP contribution in [0.1, 0.15) is 51.4 Å². The first-order chi connectivity index (χ1) is 30.8. The molecule has 3 unspecified atom stereocenters. The van der Waals surface area contributed by atoms with Crippen molar-refractivity contribution in [2.45, 2.75) is 17.7 Å². The molecule has 1 aliphatic carbocycles. The van der Waals surface area contributed by atoms with Gasteiger partial charge in [0.25, 0.3) is 0 Å². The fraction of sp³-hybridized carbons (Fsp3) is 0.0526. The number of anilines is 3. The van der Waals surface area contributed by atoms with Crippen LogP contribution in [0.5, 0.6) is 0 Å². The third-order valence-electron chi connectivity index (χ3n) is 13.2. The Hall–Kier alpha value is -7.86. The summed E-state index contributed by atoms with van der Waals surface area (Å²) >= 11 is 0. The summed E-state index contributed by atoms with van der Waals surface area (Å²) in [7, 11) is 0. The topological polar surface area (TPSA) is 34.5 Å². The van der Waals surface area contributed by atoms with Gasteiger partial charge in [-0.25, -0.2) is 4.99 Å². The molecule has 0 bridgehead atoms. The SMILES string of the molecule is c1ccc(C2N=C(c3cccc(-c4cccc(-c5ccc6c(c5)C5(c7ccccc7N(c7ccccc7)c7ccccc75)c5ncccc5-6)c4)c3)N3C(c4ccccc4)N23)cc1. The second-order valence-electron chi connectivity index (χ2n) is 16.5. The Morgan fingerprint density at radius 3 is 1.66 bits per heavy atom. The van der Waals surface area contributed by atoms with Crippen molar-refractivity contribution in [1.29, 1.82) is 0 Å². The average molecular weight is 794 g/mol. The van der Waals surface area contributed by atoms with Crippen LogP contribution in [0.4, 0.5) is 17.1 Å². The molecular formula is C57H39N5. The summed E-state index contributed by atoms with van der Waals surface area (Å²) in [6, 6.07) is 79.2. The number of hydrogen-bond donors (Lipinski definition) is 0. The van der Waals surface area contributed by atoms with Crippen molar-refractivity contribution < 1.29 is 0 Å². The molecule has 1 spiro atoms. The van der Waals surface area contributed by atoms with Gasteiger partial charge in [-0.1, -0.05) is 170 Å². The maximum atomic E-state index is 5.34. The highest BCUT2D eigenvalue weighted by Gasteiger charge is 2.57. The van der Waals surface area contributed by atoms with Gasteiger partial charge in [-0.15, -0.1) is 0 Å². The van der Waals surface area contributed by atoms with Gasteiger partial charge in [0.15, 0.2) is 0 Å². The number of benzene rings is 8. The first kappa shape index (κ1) is 34.9. The predicted octanol–water partition coefficient (Wildman–Crippen LogP) is 13.3. The van der Waals surface area contributed by atoms with E-state index in [1.807, 2.05) is 6.20 Å². The van der Waals surface area contributed by atoms with E-state index in [0.717, 1.165) is 45.3 Å². The van der Waals surface area contributed by atoms with Crippen molar-refractivity contribution in [3.05, 3.63) is 264 Å². The molecule has 0 N–H and O–H groups in total. The quantitative estimate of drug-likeness (QED) is 0.157. The van der Waals surface area contributed by atoms with Crippen molar-refractivity contribution in [1.82, 2.24) is 15.0 Å². The van der Waals surface area contributed by atoms with Crippen LogP contribution >= 0.6 is 0 Å². The highest BCUT2D eigenvalue weighted by molar-refractivity contribution is 6.02. The van der Waals surface area contributed by atoms with E-state index in [1.54, 1.807) is 0 Å². The zero-order valence-corrected chi connectivity index (χ0v) is 33.8. The molecule has 13 rings (SSSR count). The van der Waals surface area contributed by atoms with Gasteiger partial charge in [-0.2, -0.15) is 5.01 Å². The molecule has 1 aromatic heterocycles. The van der Waals surface area contributed by atoms with Crippen LogP contribution in [0.15, 0.2) is 230 Å². The van der Waals surface area contributed by atoms with Gasteiger partial charge in [-0.05, 0) is 104 Å². The van der Waals surface area contributed by atoms with Crippen LogP contribution in [0.25, 0.3) is 33.4 Å². The minimum absolute atomic E-state index is 0.0719. The number of pyridine rings is 1. The van der Waals surface area contributed by atoms with Crippen molar-refractivity contribution in [3.63, 3.8) is 0 Å². The molecule has 4 aliphatic rings. The van der Waals surface area contributed by atoms with Gasteiger partial charge in [-0.3, -0.25) is 9.99 Å². The first-order valence-corrected chi connectivity index (χ1v) is 21.4. The maximum Gasteiger partial charge on any atom is 0.150 e. The molecule has 0 amide bonds. The number of hydrogen-bond acceptors (Lipinski definition) is 5. The lowest BCUT2D eigenvalue weighted by Crippen LogP contribution is -2.36. The van der Waals surface area contributed by atoms with Crippen LogP contribution in [-0.4, -0.2) is 20.8 Å². The standard InChI is InChI=1S/C57H39N5/c1-4-17-38(18-5-1)54-59-55(62-56(61(54)62)39-19-6-2-7-20-39)44-24-15-23-42(36-44)40-21-14-22-41(35-40)43-32-33-46-47-27-16-34-58-53(47)57(50(46)37-43)48-28-10-12-30-51(48)60(45-25-8-3-9-26-45)52-31-13-11-29-49(52)57/h1-37,54,56H. The number of para-hydroxylation sites is 3. The average Bonchev–Trinajstić information content (AvgIpc) is 3.84. The maximum absolute atomic E-state index is 5.34. The lowest BCUT2D eigenvalue weighted by Gasteiger charge is -2.44. The van der Waals surface area contributed by atoms with Crippen molar-refractivity contribution in [2.24, 2.45) is 4.99 Å². The summed E-state index contributed by atoms with van der Waals surface area (Å²) < 4.78 is 0. The molecule has 3 atom stereocenters. The Morgan fingerprint density at radius 1 is 0.419 bits per heavy atom. The summed E-state index contributed by atoms with van der Waals surface area (Å²) in [5.74, 6) is 1.00. The van der Waals surface area contributed by atoms with Gasteiger partial charge in [0.05, 0.1) is 22.5 Å². The van der Waals surface area contributed by atoms with Crippen LogP contribution in [-0.2, 0) is 5.41 Å². The molecular weight excluding hydrogens is 755 g/mol. The first-order valence-electron chi connectivity index (χ1n) is 21.4. The van der Waals surface area contributed by atoms with Crippen LogP contribution in [0.3, 0.4) is 0 Å². The molecule has 62 heavy (non-hydrogen) atoms. The molecule has 0 radical (unpaired) electrons. The lowest BCUT2D eigenvalue weighted by molar-refractivity contribution is 0.341. The minimum atomic E-state index is -0.615. The molecule has 5 nitrogen and oxygen atoms in total. The fourth-order valence-corrected chi connectivity index (χ4v) is 10.6. The van der Waals surface area contributed by atoms with E-state index in [2.05, 4.69) is 233 Å². The summed E-state index contributed by atoms with van der Waals surface area (Å²) in [6.07, 6.45) is 2.03. The number of nitrogens with zero attached hydrogens (tertiary/aromatic N) is 5. The van der Waals surface area contributed by atoms with E-state index in [0.29, 0.717) is 0 Å². The molecule has 1 fully saturated rings. The predicted molar refractivity (Wildman–Crippen MR) is 249 cm³/mol. The lowest BCUT2D eigenvalue weighted by atomic mass is 9.66. The minimum Gasteiger partial charge on any atom is -0.310 e. The number of amidine groups is 1. The molecule has 4 heterocycles. The number of hydrazine groups is 1. The largest absolute Gasteiger partial charge is 0.310 e. The molecule has 3 aliphatic heterocycles. The van der Waals surface area contributed by atoms with E-state index < -0.39 is 5.41 Å². The van der Waals surface area contributed by atoms with Crippen molar-refractivity contribution in [3.8, 4) is 33.4 Å². The highest BCUT2D eigenvalue weighted by atomic mass is 15.9. The molecule has 9 aromatic rings. The van der Waals surface area contributed by atoms with Gasteiger partial charge < -0.3 is 4.90 Å². The van der Waals surface area contributed by atoms with Gasteiger partial charge >= 0.3 is 0 Å². The van der Waals surface area contributed by atoms with Gasteiger partial charge in [0.1, 0.15) is 18.2 Å². The number of fused-ring (bicyclic) bond motifs is 10. The van der Waals surface area contributed by atoms with Crippen LogP contribution in [0, 0.1) is 0 Å². The van der Waals surface area contributed by atoms with E-state index >= 15 is 0 Å². The van der Waals surface area contributed by atoms with E-state index in [9.17, 15) is 0 Å². The highest BCUT2D eigenvalue weighted by Crippen LogP contribution is 2.63. The van der Waals surface area contributed by atoms with Crippen molar-refractivity contribution >= 4 is 22.9 Å². The molecule has 292 valence electrons. The number of aliphatic imine (C=N–C) groups is 1. The second-order valence-corrected chi connectivity index (χ2v) is 16.5.